The minimum atomic E-state index is -1.28. The summed E-state index contributed by atoms with van der Waals surface area (Å²) in [6, 6.07) is 9.42. The molecule has 0 radical (unpaired) electrons. The minimum absolute atomic E-state index is 0.101. The summed E-state index contributed by atoms with van der Waals surface area (Å²) < 4.78 is 12.0. The second-order valence-corrected chi connectivity index (χ2v) is 5.86. The Hall–Kier alpha value is -3.16. The van der Waals surface area contributed by atoms with Gasteiger partial charge in [-0.1, -0.05) is 12.1 Å². The Bertz CT molecular complexity index is 811. The molecule has 27 heavy (non-hydrogen) atoms. The van der Waals surface area contributed by atoms with Gasteiger partial charge in [-0.3, -0.25) is 19.7 Å². The Kier molecular flexibility index (Phi) is 6.70. The summed E-state index contributed by atoms with van der Waals surface area (Å²) in [5, 5.41) is 11.2. The average Bonchev–Trinajstić information content (AvgIpc) is 3.05. The van der Waals surface area contributed by atoms with Crippen molar-refractivity contribution in [3.8, 4) is 0 Å². The second-order valence-electron chi connectivity index (χ2n) is 5.86. The van der Waals surface area contributed by atoms with E-state index in [0.717, 1.165) is 0 Å². The summed E-state index contributed by atoms with van der Waals surface area (Å²) in [5.41, 5.74) is 0.969. The smallest absolute Gasteiger partial charge is 0.321 e. The van der Waals surface area contributed by atoms with E-state index < -0.39 is 28.7 Å². The highest BCUT2D eigenvalue weighted by atomic mass is 16.6. The number of rotatable bonds is 8. The normalized spacial score (nSPS) is 11.9. The van der Waals surface area contributed by atoms with Crippen molar-refractivity contribution >= 4 is 17.6 Å². The molecule has 1 atom stereocenters. The van der Waals surface area contributed by atoms with Gasteiger partial charge >= 0.3 is 11.9 Å². The zero-order valence-corrected chi connectivity index (χ0v) is 15.5. The van der Waals surface area contributed by atoms with Crippen LogP contribution in [0.2, 0.25) is 0 Å². The topological polar surface area (TPSA) is 101 Å². The highest BCUT2D eigenvalue weighted by Crippen LogP contribution is 2.35. The number of esters is 2. The van der Waals surface area contributed by atoms with Crippen LogP contribution in [0, 0.1) is 16.0 Å². The molecular formula is C19H22N2O6. The fraction of sp³-hybridized carbons (Fsp3) is 0.368. The SMILES string of the molecule is CCOC(=O)C(C(=O)OCC)C(c1cccc([N+](=O)[O-])c1)c1cccn1C. The number of carbonyl (C=O) groups is 2. The molecule has 0 amide bonds. The van der Waals surface area contributed by atoms with Crippen LogP contribution >= 0.6 is 0 Å². The number of benzene rings is 1. The van der Waals surface area contributed by atoms with E-state index in [-0.39, 0.29) is 18.9 Å². The number of carbonyl (C=O) groups excluding carboxylic acids is 2. The largest absolute Gasteiger partial charge is 0.465 e. The van der Waals surface area contributed by atoms with Gasteiger partial charge in [-0.15, -0.1) is 0 Å². The lowest BCUT2D eigenvalue weighted by molar-refractivity contribution is -0.384. The summed E-state index contributed by atoms with van der Waals surface area (Å²) in [7, 11) is 1.77. The van der Waals surface area contributed by atoms with Crippen molar-refractivity contribution in [1.82, 2.24) is 4.57 Å². The molecule has 2 aromatic rings. The number of hydrogen-bond acceptors (Lipinski definition) is 6. The van der Waals surface area contributed by atoms with Gasteiger partial charge in [-0.05, 0) is 31.5 Å². The number of hydrogen-bond donors (Lipinski definition) is 0. The van der Waals surface area contributed by atoms with Crippen molar-refractivity contribution in [2.75, 3.05) is 13.2 Å². The highest BCUT2D eigenvalue weighted by molar-refractivity contribution is 5.96. The van der Waals surface area contributed by atoms with Crippen molar-refractivity contribution in [1.29, 1.82) is 0 Å². The maximum absolute atomic E-state index is 12.6. The highest BCUT2D eigenvalue weighted by Gasteiger charge is 2.40. The number of nitro groups is 1. The van der Waals surface area contributed by atoms with Crippen molar-refractivity contribution in [3.63, 3.8) is 0 Å². The van der Waals surface area contributed by atoms with Crippen LogP contribution in [0.15, 0.2) is 42.6 Å². The summed E-state index contributed by atoms with van der Waals surface area (Å²) >= 11 is 0. The summed E-state index contributed by atoms with van der Waals surface area (Å²) in [6.07, 6.45) is 1.77. The Morgan fingerprint density at radius 3 is 2.22 bits per heavy atom. The lowest BCUT2D eigenvalue weighted by Gasteiger charge is -2.25. The van der Waals surface area contributed by atoms with Gasteiger partial charge in [0.1, 0.15) is 0 Å². The van der Waals surface area contributed by atoms with Crippen LogP contribution in [-0.2, 0) is 26.1 Å². The molecule has 8 heteroatoms. The van der Waals surface area contributed by atoms with Gasteiger partial charge < -0.3 is 14.0 Å². The molecule has 0 N–H and O–H groups in total. The molecule has 8 nitrogen and oxygen atoms in total. The Balaban J connectivity index is 2.64. The Labute approximate surface area is 156 Å². The van der Waals surface area contributed by atoms with E-state index >= 15 is 0 Å². The monoisotopic (exact) mass is 374 g/mol. The molecule has 0 bridgehead atoms. The van der Waals surface area contributed by atoms with Gasteiger partial charge in [0, 0.05) is 37.0 Å². The molecule has 0 saturated heterocycles. The molecule has 0 aliphatic rings. The van der Waals surface area contributed by atoms with E-state index in [1.807, 2.05) is 0 Å². The first-order chi connectivity index (χ1) is 12.9. The predicted molar refractivity (Wildman–Crippen MR) is 97.1 cm³/mol. The van der Waals surface area contributed by atoms with E-state index in [1.165, 1.54) is 18.2 Å². The van der Waals surface area contributed by atoms with Crippen molar-refractivity contribution in [2.45, 2.75) is 19.8 Å². The van der Waals surface area contributed by atoms with Crippen LogP contribution < -0.4 is 0 Å². The van der Waals surface area contributed by atoms with Crippen LogP contribution in [0.3, 0.4) is 0 Å². The van der Waals surface area contributed by atoms with E-state index in [1.54, 1.807) is 49.9 Å². The standard InChI is InChI=1S/C19H22N2O6/c1-4-26-18(22)17(19(23)27-5-2)16(15-10-7-11-20(15)3)13-8-6-9-14(12-13)21(24)25/h6-12,16-17H,4-5H2,1-3H3. The van der Waals surface area contributed by atoms with E-state index in [9.17, 15) is 19.7 Å². The van der Waals surface area contributed by atoms with E-state index in [4.69, 9.17) is 9.47 Å². The first kappa shape index (κ1) is 20.2. The maximum Gasteiger partial charge on any atom is 0.321 e. The van der Waals surface area contributed by atoms with E-state index in [0.29, 0.717) is 11.3 Å². The third-order valence-corrected chi connectivity index (χ3v) is 4.16. The molecule has 2 rings (SSSR count). The fourth-order valence-corrected chi connectivity index (χ4v) is 3.00. The Morgan fingerprint density at radius 2 is 1.74 bits per heavy atom. The number of nitro benzene ring substituents is 1. The lowest BCUT2D eigenvalue weighted by Crippen LogP contribution is -2.34. The lowest BCUT2D eigenvalue weighted by atomic mass is 9.83. The second kappa shape index (κ2) is 8.98. The van der Waals surface area contributed by atoms with Crippen molar-refractivity contribution in [3.05, 3.63) is 64.0 Å². The zero-order valence-electron chi connectivity index (χ0n) is 15.5. The minimum Gasteiger partial charge on any atom is -0.465 e. The molecule has 0 saturated carbocycles. The molecule has 144 valence electrons. The maximum atomic E-state index is 12.6. The third-order valence-electron chi connectivity index (χ3n) is 4.16. The van der Waals surface area contributed by atoms with Crippen LogP contribution in [-0.4, -0.2) is 34.6 Å². The van der Waals surface area contributed by atoms with Crippen LogP contribution in [0.4, 0.5) is 5.69 Å². The van der Waals surface area contributed by atoms with Crippen LogP contribution in [0.5, 0.6) is 0 Å². The van der Waals surface area contributed by atoms with Gasteiger partial charge in [0.25, 0.3) is 5.69 Å². The summed E-state index contributed by atoms with van der Waals surface area (Å²) in [6.45, 7) is 3.49. The fourth-order valence-electron chi connectivity index (χ4n) is 3.00. The predicted octanol–water partition coefficient (Wildman–Crippen LogP) is 2.81. The van der Waals surface area contributed by atoms with Crippen molar-refractivity contribution < 1.29 is 24.0 Å². The molecular weight excluding hydrogens is 352 g/mol. The number of non-ortho nitro benzene ring substituents is 1. The molecule has 0 spiro atoms. The summed E-state index contributed by atoms with van der Waals surface area (Å²) in [4.78, 5) is 35.9. The molecule has 1 aromatic heterocycles. The van der Waals surface area contributed by atoms with Crippen molar-refractivity contribution in [2.24, 2.45) is 13.0 Å². The Morgan fingerprint density at radius 1 is 1.11 bits per heavy atom. The van der Waals surface area contributed by atoms with Gasteiger partial charge in [-0.25, -0.2) is 0 Å². The molecule has 0 aliphatic heterocycles. The number of ether oxygens (including phenoxy) is 2. The molecule has 1 aromatic carbocycles. The number of nitrogens with zero attached hydrogens (tertiary/aromatic N) is 2. The third kappa shape index (κ3) is 4.52. The quantitative estimate of drug-likeness (QED) is 0.305. The molecule has 0 fully saturated rings. The molecule has 1 unspecified atom stereocenters. The van der Waals surface area contributed by atoms with Gasteiger partial charge in [-0.2, -0.15) is 0 Å². The number of aromatic nitrogens is 1. The first-order valence-corrected chi connectivity index (χ1v) is 8.59. The van der Waals surface area contributed by atoms with Gasteiger partial charge in [0.05, 0.1) is 18.1 Å². The average molecular weight is 374 g/mol. The molecule has 1 heterocycles. The van der Waals surface area contributed by atoms with Crippen LogP contribution in [0.1, 0.15) is 31.0 Å². The van der Waals surface area contributed by atoms with Crippen LogP contribution in [0.25, 0.3) is 0 Å². The number of aryl methyl sites for hydroxylation is 1. The summed E-state index contributed by atoms with van der Waals surface area (Å²) in [5.74, 6) is -3.52. The van der Waals surface area contributed by atoms with Gasteiger partial charge in [0.2, 0.25) is 0 Å². The van der Waals surface area contributed by atoms with Gasteiger partial charge in [0.15, 0.2) is 5.92 Å². The van der Waals surface area contributed by atoms with E-state index in [2.05, 4.69) is 0 Å². The first-order valence-electron chi connectivity index (χ1n) is 8.59. The zero-order chi connectivity index (χ0) is 20.0. The molecule has 0 aliphatic carbocycles.